The first-order valence-electron chi connectivity index (χ1n) is 6.71. The maximum absolute atomic E-state index is 11.0. The van der Waals surface area contributed by atoms with Crippen LogP contribution in [0.2, 0.25) is 0 Å². The Kier molecular flexibility index (Phi) is 3.84. The second kappa shape index (κ2) is 5.10. The van der Waals surface area contributed by atoms with Crippen molar-refractivity contribution in [3.63, 3.8) is 0 Å². The number of hydrogen-bond donors (Lipinski definition) is 0. The minimum absolute atomic E-state index is 0.0558. The van der Waals surface area contributed by atoms with Crippen LogP contribution in [0.1, 0.15) is 45.5 Å². The summed E-state index contributed by atoms with van der Waals surface area (Å²) in [5.74, 6) is -0.0558. The number of carbonyl (C=O) groups excluding carboxylic acids is 1. The summed E-state index contributed by atoms with van der Waals surface area (Å²) >= 11 is 0. The molecule has 2 rings (SSSR count). The minimum atomic E-state index is -0.377. The lowest BCUT2D eigenvalue weighted by molar-refractivity contribution is -0.108. The van der Waals surface area contributed by atoms with Crippen molar-refractivity contribution in [2.24, 2.45) is 0 Å². The first-order valence-corrected chi connectivity index (χ1v) is 6.71. The normalized spacial score (nSPS) is 22.2. The van der Waals surface area contributed by atoms with Gasteiger partial charge in [0.2, 0.25) is 0 Å². The fourth-order valence-corrected chi connectivity index (χ4v) is 2.26. The Morgan fingerprint density at radius 1 is 1.11 bits per heavy atom. The number of carbonyl (C=O) groups is 1. The Morgan fingerprint density at radius 3 is 2.11 bits per heavy atom. The number of hydrogen-bond acceptors (Lipinski definition) is 3. The van der Waals surface area contributed by atoms with Crippen molar-refractivity contribution in [2.45, 2.75) is 51.1 Å². The lowest BCUT2D eigenvalue weighted by Gasteiger charge is -2.32. The van der Waals surface area contributed by atoms with Crippen LogP contribution in [0.4, 0.5) is 0 Å². The Balaban J connectivity index is 2.25. The van der Waals surface area contributed by atoms with Crippen molar-refractivity contribution >= 4 is 13.4 Å². The predicted octanol–water partition coefficient (Wildman–Crippen LogP) is 2.99. The Morgan fingerprint density at radius 2 is 1.63 bits per heavy atom. The zero-order valence-corrected chi connectivity index (χ0v) is 12.1. The number of rotatable bonds is 4. The average Bonchev–Trinajstić information content (AvgIpc) is 2.56. The van der Waals surface area contributed by atoms with E-state index in [0.717, 1.165) is 11.8 Å². The van der Waals surface area contributed by atoms with Crippen LogP contribution in [0, 0.1) is 0 Å². The molecular formula is C15H21BO3. The van der Waals surface area contributed by atoms with Gasteiger partial charge in [-0.3, -0.25) is 0 Å². The van der Waals surface area contributed by atoms with Crippen molar-refractivity contribution < 1.29 is 14.1 Å². The molecule has 1 aliphatic heterocycles. The quantitative estimate of drug-likeness (QED) is 0.616. The lowest BCUT2D eigenvalue weighted by atomic mass is 9.66. The Hall–Kier alpha value is -1.13. The molecule has 0 spiro atoms. The molecule has 1 saturated heterocycles. The van der Waals surface area contributed by atoms with Crippen LogP contribution in [0.5, 0.6) is 0 Å². The summed E-state index contributed by atoms with van der Waals surface area (Å²) in [5, 5.41) is 0. The van der Waals surface area contributed by atoms with E-state index in [9.17, 15) is 4.79 Å². The second-order valence-electron chi connectivity index (χ2n) is 6.04. The lowest BCUT2D eigenvalue weighted by Crippen LogP contribution is -2.41. The van der Waals surface area contributed by atoms with E-state index in [2.05, 4.69) is 0 Å². The highest BCUT2D eigenvalue weighted by molar-refractivity contribution is 6.48. The van der Waals surface area contributed by atoms with E-state index in [-0.39, 0.29) is 24.1 Å². The summed E-state index contributed by atoms with van der Waals surface area (Å²) in [6.07, 6.45) is 1.34. The highest BCUT2D eigenvalue weighted by Crippen LogP contribution is 2.41. The molecule has 0 amide bonds. The van der Waals surface area contributed by atoms with Crippen LogP contribution < -0.4 is 0 Å². The molecule has 0 unspecified atom stereocenters. The Bertz CT molecular complexity index is 426. The first-order chi connectivity index (χ1) is 8.87. The van der Waals surface area contributed by atoms with Gasteiger partial charge in [-0.2, -0.15) is 0 Å². The van der Waals surface area contributed by atoms with Gasteiger partial charge in [-0.15, -0.1) is 0 Å². The molecule has 102 valence electrons. The van der Waals surface area contributed by atoms with Crippen LogP contribution in [-0.4, -0.2) is 24.6 Å². The molecule has 1 atom stereocenters. The molecule has 0 N–H and O–H groups in total. The van der Waals surface area contributed by atoms with Gasteiger partial charge in [-0.25, -0.2) is 0 Å². The standard InChI is InChI=1S/C15H21BO3/c1-14(2)15(3,4)19-16(18-14)13(10-11-17)12-8-6-5-7-9-12/h5-9,11,13H,10H2,1-4H3/t13-/m0/s1. The highest BCUT2D eigenvalue weighted by atomic mass is 16.7. The molecule has 0 radical (unpaired) electrons. The molecule has 1 fully saturated rings. The smallest absolute Gasteiger partial charge is 0.403 e. The molecule has 4 heteroatoms. The minimum Gasteiger partial charge on any atom is -0.403 e. The van der Waals surface area contributed by atoms with Gasteiger partial charge in [0.05, 0.1) is 11.2 Å². The van der Waals surface area contributed by atoms with Crippen LogP contribution in [-0.2, 0) is 14.1 Å². The van der Waals surface area contributed by atoms with E-state index in [1.165, 1.54) is 0 Å². The third kappa shape index (κ3) is 2.75. The first kappa shape index (κ1) is 14.3. The Labute approximate surface area is 115 Å². The van der Waals surface area contributed by atoms with Gasteiger partial charge in [0.1, 0.15) is 6.29 Å². The summed E-state index contributed by atoms with van der Waals surface area (Å²) in [6.45, 7) is 8.10. The summed E-state index contributed by atoms with van der Waals surface area (Å²) in [5.41, 5.74) is 0.342. The van der Waals surface area contributed by atoms with Gasteiger partial charge in [-0.05, 0) is 33.3 Å². The molecule has 19 heavy (non-hydrogen) atoms. The third-order valence-electron chi connectivity index (χ3n) is 4.18. The maximum atomic E-state index is 11.0. The largest absolute Gasteiger partial charge is 0.466 e. The van der Waals surface area contributed by atoms with Crippen LogP contribution in [0.3, 0.4) is 0 Å². The summed E-state index contributed by atoms with van der Waals surface area (Å²) in [4.78, 5) is 11.0. The van der Waals surface area contributed by atoms with Gasteiger partial charge < -0.3 is 14.1 Å². The number of benzene rings is 1. The topological polar surface area (TPSA) is 35.5 Å². The van der Waals surface area contributed by atoms with Crippen LogP contribution in [0.25, 0.3) is 0 Å². The van der Waals surface area contributed by atoms with Crippen molar-refractivity contribution in [1.82, 2.24) is 0 Å². The summed E-state index contributed by atoms with van der Waals surface area (Å²) in [6, 6.07) is 9.93. The van der Waals surface area contributed by atoms with Gasteiger partial charge in [0.15, 0.2) is 0 Å². The zero-order chi connectivity index (χ0) is 14.1. The van der Waals surface area contributed by atoms with Crippen LogP contribution >= 0.6 is 0 Å². The van der Waals surface area contributed by atoms with Crippen molar-refractivity contribution in [1.29, 1.82) is 0 Å². The van der Waals surface area contributed by atoms with E-state index in [1.54, 1.807) is 0 Å². The van der Waals surface area contributed by atoms with Crippen molar-refractivity contribution in [2.75, 3.05) is 0 Å². The molecule has 1 aromatic carbocycles. The third-order valence-corrected chi connectivity index (χ3v) is 4.18. The van der Waals surface area contributed by atoms with Crippen molar-refractivity contribution in [3.05, 3.63) is 35.9 Å². The zero-order valence-electron chi connectivity index (χ0n) is 12.1. The number of aldehydes is 1. The summed E-state index contributed by atoms with van der Waals surface area (Å²) in [7, 11) is -0.377. The fourth-order valence-electron chi connectivity index (χ4n) is 2.26. The maximum Gasteiger partial charge on any atom is 0.466 e. The highest BCUT2D eigenvalue weighted by Gasteiger charge is 2.53. The molecular weight excluding hydrogens is 239 g/mol. The average molecular weight is 260 g/mol. The SMILES string of the molecule is CC1(C)OB([C@@H](CC=O)c2ccccc2)OC1(C)C. The molecule has 1 aromatic rings. The predicted molar refractivity (Wildman–Crippen MR) is 75.9 cm³/mol. The molecule has 0 bridgehead atoms. The van der Waals surface area contributed by atoms with E-state index < -0.39 is 0 Å². The van der Waals surface area contributed by atoms with Gasteiger partial charge in [0, 0.05) is 12.2 Å². The summed E-state index contributed by atoms with van der Waals surface area (Å²) < 4.78 is 12.1. The molecule has 1 aliphatic rings. The van der Waals surface area contributed by atoms with Crippen LogP contribution in [0.15, 0.2) is 30.3 Å². The molecule has 1 heterocycles. The second-order valence-corrected chi connectivity index (χ2v) is 6.04. The van der Waals surface area contributed by atoms with Crippen molar-refractivity contribution in [3.8, 4) is 0 Å². The van der Waals surface area contributed by atoms with E-state index in [0.29, 0.717) is 6.42 Å². The monoisotopic (exact) mass is 260 g/mol. The van der Waals surface area contributed by atoms with E-state index >= 15 is 0 Å². The van der Waals surface area contributed by atoms with E-state index in [1.807, 2.05) is 58.0 Å². The fraction of sp³-hybridized carbons (Fsp3) is 0.533. The van der Waals surface area contributed by atoms with Gasteiger partial charge in [-0.1, -0.05) is 30.3 Å². The van der Waals surface area contributed by atoms with E-state index in [4.69, 9.17) is 9.31 Å². The molecule has 3 nitrogen and oxygen atoms in total. The van der Waals surface area contributed by atoms with Gasteiger partial charge in [0.25, 0.3) is 0 Å². The molecule has 0 saturated carbocycles. The molecule has 0 aromatic heterocycles. The van der Waals surface area contributed by atoms with Gasteiger partial charge >= 0.3 is 7.12 Å². The molecule has 0 aliphatic carbocycles.